The van der Waals surface area contributed by atoms with Crippen molar-refractivity contribution in [2.45, 2.75) is 328 Å². The van der Waals surface area contributed by atoms with Crippen molar-refractivity contribution in [3.63, 3.8) is 0 Å². The first-order chi connectivity index (χ1) is 31.0. The van der Waals surface area contributed by atoms with Gasteiger partial charge in [0.25, 0.3) is 0 Å². The molecule has 0 heterocycles. The zero-order valence-corrected chi connectivity index (χ0v) is 42.6. The summed E-state index contributed by atoms with van der Waals surface area (Å²) in [5.74, 6) is -0.0355. The number of ether oxygens (including phenoxy) is 1. The minimum absolute atomic E-state index is 0.00630. The highest BCUT2D eigenvalue weighted by atomic mass is 16.5. The van der Waals surface area contributed by atoms with Gasteiger partial charge in [-0.05, 0) is 51.4 Å². The van der Waals surface area contributed by atoms with Gasteiger partial charge in [0.1, 0.15) is 0 Å². The number of carbonyl (C=O) groups excluding carboxylic acids is 2. The maximum atomic E-state index is 12.5. The molecule has 6 nitrogen and oxygen atoms in total. The maximum Gasteiger partial charge on any atom is 0.305 e. The first-order valence-electron chi connectivity index (χ1n) is 28.4. The summed E-state index contributed by atoms with van der Waals surface area (Å²) in [4.78, 5) is 24.4. The molecule has 0 saturated carbocycles. The number of allylic oxidation sites excluding steroid dienone is 2. The predicted octanol–water partition coefficient (Wildman–Crippen LogP) is 17.3. The summed E-state index contributed by atoms with van der Waals surface area (Å²) in [5, 5.41) is 23.3. The standard InChI is InChI=1S/C57H111NO5/c1-3-5-7-9-11-13-15-16-23-26-30-33-37-41-45-49-55(60)54(53-59)58-56(61)50-46-42-38-34-31-27-24-21-19-17-18-20-22-25-28-32-36-40-44-48-52-63-57(62)51-47-43-39-35-29-14-12-10-8-6-4-2/h17,19,54-55,59-60H,3-16,18,20-53H2,1-2H3,(H,58,61)/b19-17-. The topological polar surface area (TPSA) is 95.9 Å². The number of aliphatic hydroxyl groups excluding tert-OH is 2. The fraction of sp³-hybridized carbons (Fsp3) is 0.930. The lowest BCUT2D eigenvalue weighted by molar-refractivity contribution is -0.143. The Morgan fingerprint density at radius 2 is 0.746 bits per heavy atom. The van der Waals surface area contributed by atoms with E-state index in [1.165, 1.54) is 244 Å². The molecule has 374 valence electrons. The van der Waals surface area contributed by atoms with Crippen LogP contribution in [0, 0.1) is 0 Å². The van der Waals surface area contributed by atoms with Crippen LogP contribution in [0.25, 0.3) is 0 Å². The van der Waals surface area contributed by atoms with Crippen LogP contribution in [0.5, 0.6) is 0 Å². The number of rotatable bonds is 53. The quantitative estimate of drug-likeness (QED) is 0.0321. The van der Waals surface area contributed by atoms with Gasteiger partial charge in [-0.15, -0.1) is 0 Å². The third-order valence-corrected chi connectivity index (χ3v) is 13.3. The summed E-state index contributed by atoms with van der Waals surface area (Å²) in [6.07, 6.45) is 62.0. The minimum atomic E-state index is -0.668. The normalized spacial score (nSPS) is 12.6. The zero-order chi connectivity index (χ0) is 45.8. The van der Waals surface area contributed by atoms with Crippen molar-refractivity contribution >= 4 is 11.9 Å². The largest absolute Gasteiger partial charge is 0.466 e. The van der Waals surface area contributed by atoms with Gasteiger partial charge in [0.15, 0.2) is 0 Å². The first kappa shape index (κ1) is 61.6. The molecule has 0 aliphatic carbocycles. The van der Waals surface area contributed by atoms with E-state index in [9.17, 15) is 19.8 Å². The van der Waals surface area contributed by atoms with E-state index in [1.807, 2.05) is 0 Å². The molecule has 0 aromatic heterocycles. The van der Waals surface area contributed by atoms with E-state index in [-0.39, 0.29) is 18.5 Å². The average Bonchev–Trinajstić information content (AvgIpc) is 3.28. The van der Waals surface area contributed by atoms with Gasteiger partial charge in [-0.25, -0.2) is 0 Å². The second kappa shape index (κ2) is 53.2. The predicted molar refractivity (Wildman–Crippen MR) is 273 cm³/mol. The third kappa shape index (κ3) is 49.9. The molecule has 0 spiro atoms. The first-order valence-corrected chi connectivity index (χ1v) is 28.4. The van der Waals surface area contributed by atoms with E-state index in [0.29, 0.717) is 25.9 Å². The van der Waals surface area contributed by atoms with Crippen molar-refractivity contribution in [3.05, 3.63) is 12.2 Å². The Hall–Kier alpha value is -1.40. The number of esters is 1. The van der Waals surface area contributed by atoms with E-state index in [0.717, 1.165) is 38.5 Å². The molecule has 0 rings (SSSR count). The van der Waals surface area contributed by atoms with Crippen LogP contribution in [0.3, 0.4) is 0 Å². The van der Waals surface area contributed by atoms with Gasteiger partial charge in [0.05, 0.1) is 25.4 Å². The molecule has 2 unspecified atom stereocenters. The molecule has 1 amide bonds. The summed E-state index contributed by atoms with van der Waals surface area (Å²) < 4.78 is 5.46. The van der Waals surface area contributed by atoms with Crippen molar-refractivity contribution in [1.29, 1.82) is 0 Å². The van der Waals surface area contributed by atoms with Crippen molar-refractivity contribution in [3.8, 4) is 0 Å². The summed E-state index contributed by atoms with van der Waals surface area (Å²) >= 11 is 0. The molecule has 0 aromatic carbocycles. The van der Waals surface area contributed by atoms with Gasteiger partial charge in [0.2, 0.25) is 5.91 Å². The number of hydrogen-bond acceptors (Lipinski definition) is 5. The van der Waals surface area contributed by atoms with Gasteiger partial charge in [-0.2, -0.15) is 0 Å². The molecule has 6 heteroatoms. The second-order valence-corrected chi connectivity index (χ2v) is 19.6. The highest BCUT2D eigenvalue weighted by Crippen LogP contribution is 2.17. The second-order valence-electron chi connectivity index (χ2n) is 19.6. The van der Waals surface area contributed by atoms with Crippen LogP contribution in [-0.2, 0) is 14.3 Å². The number of nitrogens with one attached hydrogen (secondary N) is 1. The van der Waals surface area contributed by atoms with Crippen LogP contribution in [-0.4, -0.2) is 47.4 Å². The van der Waals surface area contributed by atoms with Crippen molar-refractivity contribution in [2.24, 2.45) is 0 Å². The monoisotopic (exact) mass is 890 g/mol. The van der Waals surface area contributed by atoms with Crippen molar-refractivity contribution in [2.75, 3.05) is 13.2 Å². The lowest BCUT2D eigenvalue weighted by atomic mass is 10.0. The van der Waals surface area contributed by atoms with Gasteiger partial charge < -0.3 is 20.3 Å². The highest BCUT2D eigenvalue weighted by molar-refractivity contribution is 5.76. The minimum Gasteiger partial charge on any atom is -0.466 e. The van der Waals surface area contributed by atoms with E-state index in [1.54, 1.807) is 0 Å². The molecular formula is C57H111NO5. The molecule has 0 aliphatic heterocycles. The van der Waals surface area contributed by atoms with Crippen LogP contribution in [0.2, 0.25) is 0 Å². The number of amides is 1. The van der Waals surface area contributed by atoms with E-state index in [4.69, 9.17) is 4.74 Å². The van der Waals surface area contributed by atoms with Gasteiger partial charge in [0, 0.05) is 12.8 Å². The van der Waals surface area contributed by atoms with Gasteiger partial charge in [-0.3, -0.25) is 9.59 Å². The molecular weight excluding hydrogens is 779 g/mol. The van der Waals surface area contributed by atoms with Gasteiger partial charge >= 0.3 is 5.97 Å². The van der Waals surface area contributed by atoms with E-state index < -0.39 is 12.1 Å². The summed E-state index contributed by atoms with van der Waals surface area (Å²) in [5.41, 5.74) is 0. The van der Waals surface area contributed by atoms with Crippen LogP contribution >= 0.6 is 0 Å². The fourth-order valence-corrected chi connectivity index (χ4v) is 8.93. The Morgan fingerprint density at radius 3 is 1.13 bits per heavy atom. The maximum absolute atomic E-state index is 12.5. The Morgan fingerprint density at radius 1 is 0.429 bits per heavy atom. The molecule has 63 heavy (non-hydrogen) atoms. The third-order valence-electron chi connectivity index (χ3n) is 13.3. The fourth-order valence-electron chi connectivity index (χ4n) is 8.93. The van der Waals surface area contributed by atoms with E-state index in [2.05, 4.69) is 31.3 Å². The summed E-state index contributed by atoms with van der Waals surface area (Å²) in [6, 6.07) is -0.546. The van der Waals surface area contributed by atoms with Crippen LogP contribution < -0.4 is 5.32 Å². The molecule has 0 aliphatic rings. The molecule has 2 atom stereocenters. The number of aliphatic hydroxyl groups is 2. The van der Waals surface area contributed by atoms with Crippen molar-refractivity contribution < 1.29 is 24.5 Å². The zero-order valence-electron chi connectivity index (χ0n) is 42.6. The SMILES string of the molecule is CCCCCCCCCCCCCCCCCC(O)C(CO)NC(=O)CCCCCCCCC/C=C\CCCCCCCCCCCOC(=O)CCCCCCCCCCCCC. The number of unbranched alkanes of at least 4 members (excludes halogenated alkanes) is 40. The lowest BCUT2D eigenvalue weighted by Crippen LogP contribution is -2.45. The Labute approximate surface area is 393 Å². The Bertz CT molecular complexity index is 939. The highest BCUT2D eigenvalue weighted by Gasteiger charge is 2.20. The summed E-state index contributed by atoms with van der Waals surface area (Å²) in [6.45, 7) is 4.95. The summed E-state index contributed by atoms with van der Waals surface area (Å²) in [7, 11) is 0. The smallest absolute Gasteiger partial charge is 0.305 e. The molecule has 0 aromatic rings. The molecule has 0 fully saturated rings. The number of hydrogen-bond donors (Lipinski definition) is 3. The van der Waals surface area contributed by atoms with E-state index >= 15 is 0 Å². The van der Waals surface area contributed by atoms with Crippen LogP contribution in [0.4, 0.5) is 0 Å². The molecule has 0 radical (unpaired) electrons. The van der Waals surface area contributed by atoms with Crippen LogP contribution in [0.1, 0.15) is 316 Å². The number of carbonyl (C=O) groups is 2. The van der Waals surface area contributed by atoms with Crippen molar-refractivity contribution in [1.82, 2.24) is 5.32 Å². The van der Waals surface area contributed by atoms with Crippen LogP contribution in [0.15, 0.2) is 12.2 Å². The Balaban J connectivity index is 3.43. The molecule has 0 saturated heterocycles. The van der Waals surface area contributed by atoms with Gasteiger partial charge in [-0.1, -0.05) is 264 Å². The Kier molecular flexibility index (Phi) is 52.0. The lowest BCUT2D eigenvalue weighted by Gasteiger charge is -2.22. The molecule has 0 bridgehead atoms. The average molecular weight is 891 g/mol. The molecule has 3 N–H and O–H groups in total.